The summed E-state index contributed by atoms with van der Waals surface area (Å²) in [7, 11) is 0. The van der Waals surface area contributed by atoms with Crippen molar-refractivity contribution in [3.05, 3.63) is 60.7 Å². The maximum Gasteiger partial charge on any atom is 0.313 e. The molecule has 2 heteroatoms. The van der Waals surface area contributed by atoms with E-state index in [0.29, 0.717) is 12.3 Å². The molecular formula is C21H22O2. The van der Waals surface area contributed by atoms with Gasteiger partial charge in [-0.2, -0.15) is 0 Å². The zero-order chi connectivity index (χ0) is 15.9. The predicted octanol–water partition coefficient (Wildman–Crippen LogP) is 4.67. The number of carbonyl (C=O) groups is 1. The van der Waals surface area contributed by atoms with Crippen molar-refractivity contribution in [2.45, 2.75) is 38.2 Å². The first-order chi connectivity index (χ1) is 11.2. The Morgan fingerprint density at radius 3 is 2.83 bits per heavy atom. The van der Waals surface area contributed by atoms with Gasteiger partial charge in [-0.25, -0.2) is 0 Å². The van der Waals surface area contributed by atoms with Gasteiger partial charge >= 0.3 is 5.97 Å². The van der Waals surface area contributed by atoms with Gasteiger partial charge in [-0.1, -0.05) is 48.5 Å². The van der Waals surface area contributed by atoms with E-state index in [2.05, 4.69) is 49.0 Å². The van der Waals surface area contributed by atoms with Gasteiger partial charge in [0, 0.05) is 5.92 Å². The maximum absolute atomic E-state index is 12.7. The van der Waals surface area contributed by atoms with Gasteiger partial charge in [0.15, 0.2) is 0 Å². The maximum atomic E-state index is 12.7. The van der Waals surface area contributed by atoms with Crippen molar-refractivity contribution in [1.29, 1.82) is 0 Å². The zero-order valence-electron chi connectivity index (χ0n) is 13.3. The van der Waals surface area contributed by atoms with Crippen LogP contribution in [0.5, 0.6) is 0 Å². The minimum absolute atomic E-state index is 0.0136. The first kappa shape index (κ1) is 14.5. The van der Waals surface area contributed by atoms with Gasteiger partial charge in [-0.3, -0.25) is 4.79 Å². The van der Waals surface area contributed by atoms with E-state index >= 15 is 0 Å². The van der Waals surface area contributed by atoms with E-state index in [1.807, 2.05) is 6.08 Å². The third kappa shape index (κ3) is 2.28. The molecule has 0 radical (unpaired) electrons. The molecule has 118 valence electrons. The summed E-state index contributed by atoms with van der Waals surface area (Å²) in [6.45, 7) is 3.90. The number of hydrogen-bond acceptors (Lipinski definition) is 2. The largest absolute Gasteiger partial charge is 0.462 e. The van der Waals surface area contributed by atoms with Gasteiger partial charge in [0.2, 0.25) is 0 Å². The number of allylic oxidation sites excluding steroid dienone is 1. The molecule has 0 bridgehead atoms. The molecule has 3 atom stereocenters. The first-order valence-corrected chi connectivity index (χ1v) is 8.52. The van der Waals surface area contributed by atoms with E-state index < -0.39 is 5.41 Å². The number of esters is 1. The highest BCUT2D eigenvalue weighted by molar-refractivity contribution is 5.84. The Hall–Kier alpha value is -2.09. The van der Waals surface area contributed by atoms with E-state index in [-0.39, 0.29) is 12.1 Å². The van der Waals surface area contributed by atoms with Crippen LogP contribution in [0.25, 0.3) is 10.8 Å². The standard InChI is InChI=1S/C21H22O2/c1-2-12-21(18-8-5-9-19(18)23-20(21)22)14-15-10-11-16-6-3-4-7-17(16)13-15/h2-4,6-7,10-11,13,18-19H,1,5,8-9,12,14H2. The fourth-order valence-electron chi connectivity index (χ4n) is 4.59. The second-order valence-electron chi connectivity index (χ2n) is 6.99. The van der Waals surface area contributed by atoms with Gasteiger partial charge in [0.25, 0.3) is 0 Å². The second kappa shape index (κ2) is 5.52. The molecule has 0 N–H and O–H groups in total. The summed E-state index contributed by atoms with van der Waals surface area (Å²) < 4.78 is 5.73. The average molecular weight is 306 g/mol. The Bertz CT molecular complexity index is 763. The molecule has 2 fully saturated rings. The summed E-state index contributed by atoms with van der Waals surface area (Å²) >= 11 is 0. The van der Waals surface area contributed by atoms with Crippen LogP contribution in [0.15, 0.2) is 55.1 Å². The van der Waals surface area contributed by atoms with E-state index in [4.69, 9.17) is 4.74 Å². The molecule has 23 heavy (non-hydrogen) atoms. The molecule has 0 spiro atoms. The summed E-state index contributed by atoms with van der Waals surface area (Å²) in [5.41, 5.74) is 0.806. The van der Waals surface area contributed by atoms with Crippen LogP contribution in [-0.4, -0.2) is 12.1 Å². The van der Waals surface area contributed by atoms with Crippen molar-refractivity contribution >= 4 is 16.7 Å². The van der Waals surface area contributed by atoms with Crippen molar-refractivity contribution < 1.29 is 9.53 Å². The predicted molar refractivity (Wildman–Crippen MR) is 92.1 cm³/mol. The average Bonchev–Trinajstić information content (AvgIpc) is 3.11. The van der Waals surface area contributed by atoms with Crippen LogP contribution >= 0.6 is 0 Å². The summed E-state index contributed by atoms with van der Waals surface area (Å²) in [6, 6.07) is 14.9. The van der Waals surface area contributed by atoms with Gasteiger partial charge in [-0.15, -0.1) is 6.58 Å². The molecule has 1 saturated heterocycles. The smallest absolute Gasteiger partial charge is 0.313 e. The van der Waals surface area contributed by atoms with Crippen LogP contribution in [-0.2, 0) is 16.0 Å². The van der Waals surface area contributed by atoms with Crippen LogP contribution in [0, 0.1) is 11.3 Å². The topological polar surface area (TPSA) is 26.3 Å². The number of ether oxygens (including phenoxy) is 1. The van der Waals surface area contributed by atoms with Crippen molar-refractivity contribution in [2.24, 2.45) is 11.3 Å². The highest BCUT2D eigenvalue weighted by Crippen LogP contribution is 2.52. The monoisotopic (exact) mass is 306 g/mol. The lowest BCUT2D eigenvalue weighted by atomic mass is 9.69. The molecular weight excluding hydrogens is 284 g/mol. The van der Waals surface area contributed by atoms with Crippen molar-refractivity contribution in [1.82, 2.24) is 0 Å². The fourth-order valence-corrected chi connectivity index (χ4v) is 4.59. The Kier molecular flexibility index (Phi) is 3.48. The normalized spacial score (nSPS) is 29.5. The molecule has 0 aromatic heterocycles. The minimum atomic E-state index is -0.411. The van der Waals surface area contributed by atoms with Gasteiger partial charge in [0.1, 0.15) is 6.10 Å². The lowest BCUT2D eigenvalue weighted by molar-refractivity contribution is -0.149. The van der Waals surface area contributed by atoms with E-state index in [1.54, 1.807) is 0 Å². The molecule has 4 rings (SSSR count). The summed E-state index contributed by atoms with van der Waals surface area (Å²) in [5, 5.41) is 2.47. The third-order valence-electron chi connectivity index (χ3n) is 5.67. The van der Waals surface area contributed by atoms with E-state index in [0.717, 1.165) is 19.3 Å². The highest BCUT2D eigenvalue weighted by atomic mass is 16.6. The van der Waals surface area contributed by atoms with Gasteiger partial charge in [-0.05, 0) is 48.4 Å². The third-order valence-corrected chi connectivity index (χ3v) is 5.67. The number of fused-ring (bicyclic) bond motifs is 2. The van der Waals surface area contributed by atoms with Crippen LogP contribution in [0.2, 0.25) is 0 Å². The summed E-state index contributed by atoms with van der Waals surface area (Å²) in [6.07, 6.45) is 6.76. The second-order valence-corrected chi connectivity index (χ2v) is 6.99. The van der Waals surface area contributed by atoms with Crippen LogP contribution < -0.4 is 0 Å². The summed E-state index contributed by atoms with van der Waals surface area (Å²) in [4.78, 5) is 12.7. The SMILES string of the molecule is C=CCC1(Cc2ccc3ccccc3c2)C(=O)OC2CCCC21. The van der Waals surface area contributed by atoms with Crippen molar-refractivity contribution in [3.63, 3.8) is 0 Å². The van der Waals surface area contributed by atoms with E-state index in [9.17, 15) is 4.79 Å². The number of hydrogen-bond donors (Lipinski definition) is 0. The molecule has 3 unspecified atom stereocenters. The number of benzene rings is 2. The lowest BCUT2D eigenvalue weighted by Crippen LogP contribution is -2.35. The molecule has 2 aromatic carbocycles. The molecule has 2 nitrogen and oxygen atoms in total. The molecule has 1 aliphatic heterocycles. The first-order valence-electron chi connectivity index (χ1n) is 8.52. The number of rotatable bonds is 4. The fraction of sp³-hybridized carbons (Fsp3) is 0.381. The molecule has 0 amide bonds. The molecule has 2 aromatic rings. The number of carbonyl (C=O) groups excluding carboxylic acids is 1. The minimum Gasteiger partial charge on any atom is -0.462 e. The Morgan fingerprint density at radius 1 is 1.17 bits per heavy atom. The highest BCUT2D eigenvalue weighted by Gasteiger charge is 2.57. The lowest BCUT2D eigenvalue weighted by Gasteiger charge is -2.29. The van der Waals surface area contributed by atoms with Crippen LogP contribution in [0.1, 0.15) is 31.2 Å². The summed E-state index contributed by atoms with van der Waals surface area (Å²) in [5.74, 6) is 0.333. The quantitative estimate of drug-likeness (QED) is 0.606. The molecule has 1 heterocycles. The Labute approximate surface area is 137 Å². The molecule has 2 aliphatic rings. The van der Waals surface area contributed by atoms with Crippen molar-refractivity contribution in [3.8, 4) is 0 Å². The van der Waals surface area contributed by atoms with Crippen LogP contribution in [0.3, 0.4) is 0 Å². The zero-order valence-corrected chi connectivity index (χ0v) is 13.3. The van der Waals surface area contributed by atoms with E-state index in [1.165, 1.54) is 22.8 Å². The van der Waals surface area contributed by atoms with Gasteiger partial charge in [0.05, 0.1) is 5.41 Å². The van der Waals surface area contributed by atoms with Crippen LogP contribution in [0.4, 0.5) is 0 Å². The Morgan fingerprint density at radius 2 is 2.00 bits per heavy atom. The molecule has 1 saturated carbocycles. The molecule has 1 aliphatic carbocycles. The van der Waals surface area contributed by atoms with Crippen molar-refractivity contribution in [2.75, 3.05) is 0 Å². The van der Waals surface area contributed by atoms with Gasteiger partial charge < -0.3 is 4.74 Å². The Balaban J connectivity index is 1.72.